The van der Waals surface area contributed by atoms with Crippen LogP contribution < -0.4 is 5.32 Å². The molecule has 134 valence electrons. The number of hydrogen-bond donors (Lipinski definition) is 1. The Hall–Kier alpha value is -3.47. The summed E-state index contributed by atoms with van der Waals surface area (Å²) in [5.74, 6) is -0.150. The van der Waals surface area contributed by atoms with Crippen molar-refractivity contribution < 1.29 is 4.79 Å². The minimum absolute atomic E-state index is 0.150. The number of nitrogens with zero attached hydrogens (tertiary/aromatic N) is 3. The van der Waals surface area contributed by atoms with Gasteiger partial charge in [-0.2, -0.15) is 5.10 Å². The van der Waals surface area contributed by atoms with Crippen LogP contribution in [0.25, 0.3) is 10.9 Å². The second kappa shape index (κ2) is 7.41. The van der Waals surface area contributed by atoms with Gasteiger partial charge in [0.1, 0.15) is 0 Å². The number of rotatable bonds is 5. The topological polar surface area (TPSA) is 59.8 Å². The first kappa shape index (κ1) is 17.0. The molecule has 27 heavy (non-hydrogen) atoms. The molecule has 2 heterocycles. The van der Waals surface area contributed by atoms with Crippen molar-refractivity contribution >= 4 is 22.5 Å². The monoisotopic (exact) mass is 356 g/mol. The zero-order chi connectivity index (χ0) is 18.6. The molecule has 0 bridgehead atoms. The first-order chi connectivity index (χ1) is 13.3. The average molecular weight is 356 g/mol. The Balaban J connectivity index is 1.62. The Labute approximate surface area is 157 Å². The van der Waals surface area contributed by atoms with Crippen molar-refractivity contribution in [1.82, 2.24) is 14.8 Å². The first-order valence-electron chi connectivity index (χ1n) is 9.00. The molecule has 4 rings (SSSR count). The number of carbonyl (C=O) groups excluding carboxylic acids is 1. The lowest BCUT2D eigenvalue weighted by atomic mass is 10.1. The molecule has 2 aromatic carbocycles. The fraction of sp³-hybridized carbons (Fsp3) is 0.136. The smallest absolute Gasteiger partial charge is 0.259 e. The normalized spacial score (nSPS) is 10.9. The van der Waals surface area contributed by atoms with Crippen molar-refractivity contribution in [3.63, 3.8) is 0 Å². The van der Waals surface area contributed by atoms with Crippen LogP contribution in [0.4, 0.5) is 5.69 Å². The van der Waals surface area contributed by atoms with Gasteiger partial charge >= 0.3 is 0 Å². The zero-order valence-electron chi connectivity index (χ0n) is 15.1. The number of benzene rings is 2. The molecule has 0 aliphatic rings. The van der Waals surface area contributed by atoms with Gasteiger partial charge in [-0.25, -0.2) is 0 Å². The van der Waals surface area contributed by atoms with Crippen LogP contribution in [0, 0.1) is 0 Å². The lowest BCUT2D eigenvalue weighted by Crippen LogP contribution is -2.15. The molecule has 0 radical (unpaired) electrons. The van der Waals surface area contributed by atoms with Gasteiger partial charge in [0.25, 0.3) is 5.91 Å². The average Bonchev–Trinajstić information content (AvgIpc) is 3.11. The fourth-order valence-electron chi connectivity index (χ4n) is 3.27. The van der Waals surface area contributed by atoms with E-state index in [1.807, 2.05) is 60.1 Å². The molecular weight excluding hydrogens is 336 g/mol. The molecular formula is C22H20N4O. The van der Waals surface area contributed by atoms with E-state index in [4.69, 9.17) is 0 Å². The van der Waals surface area contributed by atoms with Crippen LogP contribution in [0.1, 0.15) is 28.5 Å². The quantitative estimate of drug-likeness (QED) is 0.580. The molecule has 4 aromatic rings. The van der Waals surface area contributed by atoms with Gasteiger partial charge in [0, 0.05) is 11.6 Å². The largest absolute Gasteiger partial charge is 0.321 e. The van der Waals surface area contributed by atoms with E-state index in [9.17, 15) is 4.79 Å². The second-order valence-corrected chi connectivity index (χ2v) is 6.33. The minimum Gasteiger partial charge on any atom is -0.321 e. The van der Waals surface area contributed by atoms with Crippen molar-refractivity contribution in [2.24, 2.45) is 0 Å². The Bertz CT molecular complexity index is 1080. The summed E-state index contributed by atoms with van der Waals surface area (Å²) in [7, 11) is 0. The summed E-state index contributed by atoms with van der Waals surface area (Å²) in [6.45, 7) is 2.69. The lowest BCUT2D eigenvalue weighted by Gasteiger charge is -2.10. The number of nitrogens with one attached hydrogen (secondary N) is 1. The van der Waals surface area contributed by atoms with E-state index in [0.29, 0.717) is 12.1 Å². The van der Waals surface area contributed by atoms with E-state index in [1.165, 1.54) is 0 Å². The number of fused-ring (bicyclic) bond motifs is 1. The van der Waals surface area contributed by atoms with Crippen LogP contribution in [0.15, 0.2) is 73.1 Å². The van der Waals surface area contributed by atoms with Gasteiger partial charge in [0.15, 0.2) is 0 Å². The van der Waals surface area contributed by atoms with Gasteiger partial charge < -0.3 is 5.32 Å². The third-order valence-electron chi connectivity index (χ3n) is 4.60. The molecule has 5 heteroatoms. The first-order valence-corrected chi connectivity index (χ1v) is 9.00. The van der Waals surface area contributed by atoms with Gasteiger partial charge in [-0.1, -0.05) is 43.3 Å². The van der Waals surface area contributed by atoms with Crippen LogP contribution in [-0.4, -0.2) is 20.7 Å². The molecule has 0 spiro atoms. The summed E-state index contributed by atoms with van der Waals surface area (Å²) in [6.07, 6.45) is 4.13. The summed E-state index contributed by atoms with van der Waals surface area (Å²) in [4.78, 5) is 17.3. The van der Waals surface area contributed by atoms with Crippen LogP contribution >= 0.6 is 0 Å². The fourth-order valence-corrected chi connectivity index (χ4v) is 3.27. The molecule has 0 fully saturated rings. The van der Waals surface area contributed by atoms with Gasteiger partial charge in [-0.05, 0) is 36.2 Å². The Kier molecular flexibility index (Phi) is 4.66. The third-order valence-corrected chi connectivity index (χ3v) is 4.60. The van der Waals surface area contributed by atoms with Crippen LogP contribution in [0.2, 0.25) is 0 Å². The van der Waals surface area contributed by atoms with Crippen molar-refractivity contribution in [2.45, 2.75) is 19.9 Å². The maximum absolute atomic E-state index is 12.9. The van der Waals surface area contributed by atoms with Crippen molar-refractivity contribution in [2.75, 3.05) is 5.32 Å². The summed E-state index contributed by atoms with van der Waals surface area (Å²) in [5, 5.41) is 8.39. The Morgan fingerprint density at radius 2 is 1.89 bits per heavy atom. The van der Waals surface area contributed by atoms with Gasteiger partial charge in [0.05, 0.1) is 35.2 Å². The Morgan fingerprint density at radius 3 is 2.70 bits per heavy atom. The SMILES string of the molecule is CCc1c(C(=O)Nc2cccc3ncccc23)cnn1Cc1ccccc1. The predicted octanol–water partition coefficient (Wildman–Crippen LogP) is 4.29. The van der Waals surface area contributed by atoms with E-state index in [2.05, 4.69) is 27.5 Å². The molecule has 5 nitrogen and oxygen atoms in total. The molecule has 0 atom stereocenters. The molecule has 1 N–H and O–H groups in total. The third kappa shape index (κ3) is 3.44. The predicted molar refractivity (Wildman–Crippen MR) is 107 cm³/mol. The van der Waals surface area contributed by atoms with Crippen molar-refractivity contribution in [3.05, 3.63) is 89.9 Å². The maximum atomic E-state index is 12.9. The summed E-state index contributed by atoms with van der Waals surface area (Å²) in [5.41, 5.74) is 4.29. The van der Waals surface area contributed by atoms with Gasteiger partial charge in [0.2, 0.25) is 0 Å². The standard InChI is InChI=1S/C22H20N4O/c1-2-21-18(14-24-26(21)15-16-8-4-3-5-9-16)22(27)25-20-12-6-11-19-17(20)10-7-13-23-19/h3-14H,2,15H2,1H3,(H,25,27). The van der Waals surface area contributed by atoms with E-state index >= 15 is 0 Å². The highest BCUT2D eigenvalue weighted by Crippen LogP contribution is 2.22. The van der Waals surface area contributed by atoms with E-state index in [1.54, 1.807) is 12.4 Å². The number of pyridine rings is 1. The molecule has 0 unspecified atom stereocenters. The summed E-state index contributed by atoms with van der Waals surface area (Å²) < 4.78 is 1.90. The molecule has 0 aliphatic heterocycles. The maximum Gasteiger partial charge on any atom is 0.259 e. The van der Waals surface area contributed by atoms with E-state index in [0.717, 1.165) is 34.3 Å². The van der Waals surface area contributed by atoms with E-state index < -0.39 is 0 Å². The summed E-state index contributed by atoms with van der Waals surface area (Å²) >= 11 is 0. The number of amides is 1. The zero-order valence-corrected chi connectivity index (χ0v) is 15.1. The summed E-state index contributed by atoms with van der Waals surface area (Å²) in [6, 6.07) is 19.7. The molecule has 0 aliphatic carbocycles. The van der Waals surface area contributed by atoms with Crippen LogP contribution in [0.3, 0.4) is 0 Å². The highest BCUT2D eigenvalue weighted by atomic mass is 16.1. The van der Waals surface area contributed by atoms with E-state index in [-0.39, 0.29) is 5.91 Å². The highest BCUT2D eigenvalue weighted by molar-refractivity contribution is 6.09. The van der Waals surface area contributed by atoms with Gasteiger partial charge in [-0.15, -0.1) is 0 Å². The highest BCUT2D eigenvalue weighted by Gasteiger charge is 2.17. The molecule has 0 saturated heterocycles. The molecule has 2 aromatic heterocycles. The van der Waals surface area contributed by atoms with Crippen LogP contribution in [-0.2, 0) is 13.0 Å². The minimum atomic E-state index is -0.150. The number of hydrogen-bond acceptors (Lipinski definition) is 3. The number of carbonyl (C=O) groups is 1. The molecule has 0 saturated carbocycles. The van der Waals surface area contributed by atoms with Gasteiger partial charge in [-0.3, -0.25) is 14.5 Å². The van der Waals surface area contributed by atoms with Crippen molar-refractivity contribution in [3.8, 4) is 0 Å². The number of aromatic nitrogens is 3. The Morgan fingerprint density at radius 1 is 1.04 bits per heavy atom. The molecule has 1 amide bonds. The second-order valence-electron chi connectivity index (χ2n) is 6.33. The van der Waals surface area contributed by atoms with Crippen LogP contribution in [0.5, 0.6) is 0 Å². The van der Waals surface area contributed by atoms with Crippen molar-refractivity contribution in [1.29, 1.82) is 0 Å². The number of anilines is 1. The lowest BCUT2D eigenvalue weighted by molar-refractivity contribution is 0.102.